The summed E-state index contributed by atoms with van der Waals surface area (Å²) in [6.45, 7) is 2.63. The number of hydrogen-bond donors (Lipinski definition) is 0. The SMILES string of the molecule is O=C(Oc1ccc(Cl)c2ccccc12)c1cccnc1N1CCOCC1. The third-order valence-electron chi connectivity index (χ3n) is 4.35. The molecule has 3 aromatic rings. The van der Waals surface area contributed by atoms with Gasteiger partial charge in [0.25, 0.3) is 0 Å². The number of aromatic nitrogens is 1. The van der Waals surface area contributed by atoms with Crippen LogP contribution in [-0.2, 0) is 4.74 Å². The second-order valence-electron chi connectivity index (χ2n) is 5.95. The fourth-order valence-electron chi connectivity index (χ4n) is 3.06. The molecule has 1 aliphatic heterocycles. The van der Waals surface area contributed by atoms with E-state index in [0.29, 0.717) is 48.5 Å². The molecule has 2 heterocycles. The average Bonchev–Trinajstić information content (AvgIpc) is 2.71. The molecule has 0 bridgehead atoms. The molecule has 5 nitrogen and oxygen atoms in total. The number of anilines is 1. The molecular weight excluding hydrogens is 352 g/mol. The number of fused-ring (bicyclic) bond motifs is 1. The number of hydrogen-bond acceptors (Lipinski definition) is 5. The largest absolute Gasteiger partial charge is 0.422 e. The van der Waals surface area contributed by atoms with Gasteiger partial charge < -0.3 is 14.4 Å². The van der Waals surface area contributed by atoms with Crippen LogP contribution < -0.4 is 9.64 Å². The first-order chi connectivity index (χ1) is 12.7. The molecule has 0 saturated carbocycles. The van der Waals surface area contributed by atoms with Crippen LogP contribution in [0.3, 0.4) is 0 Å². The first-order valence-electron chi connectivity index (χ1n) is 8.41. The van der Waals surface area contributed by atoms with Crippen molar-refractivity contribution in [2.45, 2.75) is 0 Å². The van der Waals surface area contributed by atoms with E-state index in [2.05, 4.69) is 4.98 Å². The van der Waals surface area contributed by atoms with Gasteiger partial charge in [0.15, 0.2) is 0 Å². The smallest absolute Gasteiger partial charge is 0.347 e. The van der Waals surface area contributed by atoms with Gasteiger partial charge in [-0.1, -0.05) is 35.9 Å². The number of halogens is 1. The molecule has 132 valence electrons. The van der Waals surface area contributed by atoms with Crippen LogP contribution in [0.25, 0.3) is 10.8 Å². The summed E-state index contributed by atoms with van der Waals surface area (Å²) in [6.07, 6.45) is 1.68. The number of benzene rings is 2. The number of carbonyl (C=O) groups excluding carboxylic acids is 1. The molecule has 0 N–H and O–H groups in total. The molecule has 0 spiro atoms. The van der Waals surface area contributed by atoms with Crippen molar-refractivity contribution in [3.8, 4) is 5.75 Å². The van der Waals surface area contributed by atoms with E-state index in [1.807, 2.05) is 29.2 Å². The number of nitrogens with zero attached hydrogens (tertiary/aromatic N) is 2. The highest BCUT2D eigenvalue weighted by molar-refractivity contribution is 6.35. The van der Waals surface area contributed by atoms with E-state index in [-0.39, 0.29) is 0 Å². The molecule has 1 fully saturated rings. The van der Waals surface area contributed by atoms with Crippen LogP contribution in [0.2, 0.25) is 5.02 Å². The van der Waals surface area contributed by atoms with Crippen LogP contribution in [0.15, 0.2) is 54.7 Å². The summed E-state index contributed by atoms with van der Waals surface area (Å²) in [4.78, 5) is 19.3. The molecule has 1 aromatic heterocycles. The molecular formula is C20H17ClN2O3. The van der Waals surface area contributed by atoms with Crippen molar-refractivity contribution < 1.29 is 14.3 Å². The van der Waals surface area contributed by atoms with Crippen molar-refractivity contribution >= 4 is 34.2 Å². The third kappa shape index (κ3) is 3.23. The molecule has 4 rings (SSSR count). The molecule has 0 radical (unpaired) electrons. The van der Waals surface area contributed by atoms with E-state index >= 15 is 0 Å². The predicted molar refractivity (Wildman–Crippen MR) is 101 cm³/mol. The maximum Gasteiger partial charge on any atom is 0.347 e. The number of esters is 1. The van der Waals surface area contributed by atoms with E-state index in [1.165, 1.54) is 0 Å². The van der Waals surface area contributed by atoms with Crippen LogP contribution in [0.4, 0.5) is 5.82 Å². The van der Waals surface area contributed by atoms with Crippen LogP contribution in [0, 0.1) is 0 Å². The van der Waals surface area contributed by atoms with Gasteiger partial charge in [0.1, 0.15) is 17.1 Å². The van der Waals surface area contributed by atoms with Crippen molar-refractivity contribution in [2.24, 2.45) is 0 Å². The molecule has 1 aliphatic rings. The maximum atomic E-state index is 12.9. The Morgan fingerprint density at radius 1 is 1.04 bits per heavy atom. The highest BCUT2D eigenvalue weighted by atomic mass is 35.5. The monoisotopic (exact) mass is 368 g/mol. The zero-order valence-electron chi connectivity index (χ0n) is 14.0. The Balaban J connectivity index is 1.67. The second kappa shape index (κ2) is 7.32. The molecule has 2 aromatic carbocycles. The standard InChI is InChI=1S/C20H17ClN2O3/c21-17-7-8-18(15-5-2-1-4-14(15)17)26-20(24)16-6-3-9-22-19(16)23-10-12-25-13-11-23/h1-9H,10-13H2. The summed E-state index contributed by atoms with van der Waals surface area (Å²) in [6, 6.07) is 14.5. The van der Waals surface area contributed by atoms with Gasteiger partial charge >= 0.3 is 5.97 Å². The Morgan fingerprint density at radius 3 is 2.62 bits per heavy atom. The Kier molecular flexibility index (Phi) is 4.73. The van der Waals surface area contributed by atoms with E-state index < -0.39 is 5.97 Å². The Labute approximate surface area is 156 Å². The number of pyridine rings is 1. The zero-order valence-corrected chi connectivity index (χ0v) is 14.8. The maximum absolute atomic E-state index is 12.9. The van der Waals surface area contributed by atoms with Crippen molar-refractivity contribution in [1.82, 2.24) is 4.98 Å². The number of carbonyl (C=O) groups is 1. The first-order valence-corrected chi connectivity index (χ1v) is 8.79. The van der Waals surface area contributed by atoms with Crippen LogP contribution >= 0.6 is 11.6 Å². The first kappa shape index (κ1) is 16.8. The molecule has 0 unspecified atom stereocenters. The second-order valence-corrected chi connectivity index (χ2v) is 6.36. The highest BCUT2D eigenvalue weighted by Gasteiger charge is 2.22. The molecule has 1 saturated heterocycles. The highest BCUT2D eigenvalue weighted by Crippen LogP contribution is 2.32. The van der Waals surface area contributed by atoms with Gasteiger partial charge in [-0.25, -0.2) is 9.78 Å². The van der Waals surface area contributed by atoms with E-state index in [1.54, 1.807) is 30.5 Å². The average molecular weight is 369 g/mol. The van der Waals surface area contributed by atoms with Crippen molar-refractivity contribution in [3.63, 3.8) is 0 Å². The molecule has 0 aliphatic carbocycles. The predicted octanol–water partition coefficient (Wildman–Crippen LogP) is 3.94. The van der Waals surface area contributed by atoms with Gasteiger partial charge in [0.2, 0.25) is 0 Å². The summed E-state index contributed by atoms with van der Waals surface area (Å²) >= 11 is 6.24. The summed E-state index contributed by atoms with van der Waals surface area (Å²) in [5.74, 6) is 0.665. The van der Waals surface area contributed by atoms with Crippen molar-refractivity contribution in [1.29, 1.82) is 0 Å². The van der Waals surface area contributed by atoms with Gasteiger partial charge in [0, 0.05) is 35.1 Å². The minimum absolute atomic E-state index is 0.438. The lowest BCUT2D eigenvalue weighted by molar-refractivity contribution is 0.0736. The minimum atomic E-state index is -0.438. The quantitative estimate of drug-likeness (QED) is 0.517. The van der Waals surface area contributed by atoms with E-state index in [0.717, 1.165) is 10.8 Å². The normalized spacial score (nSPS) is 14.4. The van der Waals surface area contributed by atoms with Crippen molar-refractivity contribution in [3.05, 3.63) is 65.3 Å². The van der Waals surface area contributed by atoms with E-state index in [9.17, 15) is 4.79 Å². The summed E-state index contributed by atoms with van der Waals surface area (Å²) in [7, 11) is 0. The third-order valence-corrected chi connectivity index (χ3v) is 4.68. The molecule has 26 heavy (non-hydrogen) atoms. The Morgan fingerprint density at radius 2 is 1.81 bits per heavy atom. The van der Waals surface area contributed by atoms with Gasteiger partial charge in [-0.15, -0.1) is 0 Å². The zero-order chi connectivity index (χ0) is 17.9. The van der Waals surface area contributed by atoms with Gasteiger partial charge in [-0.05, 0) is 24.3 Å². The van der Waals surface area contributed by atoms with Crippen molar-refractivity contribution in [2.75, 3.05) is 31.2 Å². The van der Waals surface area contributed by atoms with Crippen LogP contribution in [0.1, 0.15) is 10.4 Å². The van der Waals surface area contributed by atoms with Gasteiger partial charge in [-0.3, -0.25) is 0 Å². The summed E-state index contributed by atoms with van der Waals surface area (Å²) in [5.41, 5.74) is 0.438. The van der Waals surface area contributed by atoms with E-state index in [4.69, 9.17) is 21.1 Å². The van der Waals surface area contributed by atoms with Gasteiger partial charge in [0.05, 0.1) is 13.2 Å². The lowest BCUT2D eigenvalue weighted by atomic mass is 10.1. The molecule has 0 atom stereocenters. The lowest BCUT2D eigenvalue weighted by Crippen LogP contribution is -2.37. The fraction of sp³-hybridized carbons (Fsp3) is 0.200. The number of rotatable bonds is 3. The summed E-state index contributed by atoms with van der Waals surface area (Å²) < 4.78 is 11.1. The van der Waals surface area contributed by atoms with Gasteiger partial charge in [-0.2, -0.15) is 0 Å². The number of ether oxygens (including phenoxy) is 2. The summed E-state index contributed by atoms with van der Waals surface area (Å²) in [5, 5.41) is 2.26. The van der Waals surface area contributed by atoms with Crippen LogP contribution in [0.5, 0.6) is 5.75 Å². The lowest BCUT2D eigenvalue weighted by Gasteiger charge is -2.28. The Bertz CT molecular complexity index is 955. The minimum Gasteiger partial charge on any atom is -0.422 e. The molecule has 0 amide bonds. The Hall–Kier alpha value is -2.63. The number of morpholine rings is 1. The fourth-order valence-corrected chi connectivity index (χ4v) is 3.29. The topological polar surface area (TPSA) is 51.7 Å². The molecule has 6 heteroatoms. The van der Waals surface area contributed by atoms with Crippen LogP contribution in [-0.4, -0.2) is 37.3 Å².